The molecule has 3 nitrogen and oxygen atoms in total. The van der Waals surface area contributed by atoms with Crippen molar-refractivity contribution >= 4 is 5.69 Å². The van der Waals surface area contributed by atoms with Gasteiger partial charge in [0.2, 0.25) is 0 Å². The lowest BCUT2D eigenvalue weighted by Crippen LogP contribution is -2.46. The second-order valence-electron chi connectivity index (χ2n) is 4.96. The smallest absolute Gasteiger partial charge is 0.101 e. The van der Waals surface area contributed by atoms with Crippen LogP contribution in [0.15, 0.2) is 18.2 Å². The van der Waals surface area contributed by atoms with Gasteiger partial charge in [-0.3, -0.25) is 0 Å². The van der Waals surface area contributed by atoms with E-state index in [4.69, 9.17) is 5.73 Å². The Kier molecular flexibility index (Phi) is 3.35. The van der Waals surface area contributed by atoms with E-state index >= 15 is 0 Å². The van der Waals surface area contributed by atoms with E-state index in [0.29, 0.717) is 12.0 Å². The number of nitrogens with zero attached hydrogens (tertiary/aromatic N) is 2. The zero-order valence-corrected chi connectivity index (χ0v) is 10.5. The van der Waals surface area contributed by atoms with Crippen molar-refractivity contribution in [3.63, 3.8) is 0 Å². The van der Waals surface area contributed by atoms with Crippen molar-refractivity contribution in [1.82, 2.24) is 0 Å². The lowest BCUT2D eigenvalue weighted by molar-refractivity contribution is 0.382. The summed E-state index contributed by atoms with van der Waals surface area (Å²) in [5.41, 5.74) is 9.07. The summed E-state index contributed by atoms with van der Waals surface area (Å²) in [4.78, 5) is 2.31. The largest absolute Gasteiger partial charge is 0.370 e. The number of anilines is 1. The van der Waals surface area contributed by atoms with E-state index < -0.39 is 0 Å². The van der Waals surface area contributed by atoms with Crippen LogP contribution in [0.2, 0.25) is 0 Å². The molecule has 0 spiro atoms. The molecular formula is C14H19N3. The van der Waals surface area contributed by atoms with Crippen LogP contribution in [0.1, 0.15) is 24.5 Å². The molecular weight excluding hydrogens is 210 g/mol. The SMILES string of the molecule is Cc1cccc(C#N)c1N1CCC(N)C(C)C1. The van der Waals surface area contributed by atoms with Crippen molar-refractivity contribution < 1.29 is 0 Å². The normalized spacial score (nSPS) is 24.5. The summed E-state index contributed by atoms with van der Waals surface area (Å²) in [5, 5.41) is 9.19. The summed E-state index contributed by atoms with van der Waals surface area (Å²) in [6.45, 7) is 6.14. The lowest BCUT2D eigenvalue weighted by atomic mass is 9.93. The molecule has 2 N–H and O–H groups in total. The first-order chi connectivity index (χ1) is 8.13. The molecule has 90 valence electrons. The average Bonchev–Trinajstić information content (AvgIpc) is 2.32. The maximum atomic E-state index is 9.19. The fraction of sp³-hybridized carbons (Fsp3) is 0.500. The fourth-order valence-electron chi connectivity index (χ4n) is 2.54. The van der Waals surface area contributed by atoms with Gasteiger partial charge in [0, 0.05) is 19.1 Å². The van der Waals surface area contributed by atoms with Crippen molar-refractivity contribution in [2.45, 2.75) is 26.3 Å². The molecule has 0 aromatic heterocycles. The number of hydrogen-bond donors (Lipinski definition) is 1. The van der Waals surface area contributed by atoms with Gasteiger partial charge in [-0.2, -0.15) is 5.26 Å². The topological polar surface area (TPSA) is 53.0 Å². The van der Waals surface area contributed by atoms with Gasteiger partial charge in [-0.25, -0.2) is 0 Å². The van der Waals surface area contributed by atoms with E-state index in [9.17, 15) is 5.26 Å². The van der Waals surface area contributed by atoms with Gasteiger partial charge < -0.3 is 10.6 Å². The van der Waals surface area contributed by atoms with Gasteiger partial charge in [0.15, 0.2) is 0 Å². The Morgan fingerprint density at radius 3 is 2.88 bits per heavy atom. The molecule has 1 saturated heterocycles. The average molecular weight is 229 g/mol. The Morgan fingerprint density at radius 1 is 1.47 bits per heavy atom. The van der Waals surface area contributed by atoms with Crippen molar-refractivity contribution in [3.8, 4) is 6.07 Å². The molecule has 1 fully saturated rings. The molecule has 1 aromatic rings. The molecule has 0 amide bonds. The standard InChI is InChI=1S/C14H19N3/c1-10-4-3-5-12(8-15)14(10)17-7-6-13(16)11(2)9-17/h3-5,11,13H,6-7,9,16H2,1-2H3. The predicted molar refractivity (Wildman–Crippen MR) is 69.9 cm³/mol. The van der Waals surface area contributed by atoms with Crippen molar-refractivity contribution in [1.29, 1.82) is 5.26 Å². The Bertz CT molecular complexity index is 447. The molecule has 17 heavy (non-hydrogen) atoms. The highest BCUT2D eigenvalue weighted by Crippen LogP contribution is 2.28. The molecule has 1 heterocycles. The summed E-state index contributed by atoms with van der Waals surface area (Å²) in [5.74, 6) is 0.481. The highest BCUT2D eigenvalue weighted by atomic mass is 15.1. The van der Waals surface area contributed by atoms with Gasteiger partial charge >= 0.3 is 0 Å². The highest BCUT2D eigenvalue weighted by molar-refractivity contribution is 5.64. The first-order valence-electron chi connectivity index (χ1n) is 6.13. The minimum Gasteiger partial charge on any atom is -0.370 e. The van der Waals surface area contributed by atoms with E-state index in [1.54, 1.807) is 0 Å². The van der Waals surface area contributed by atoms with Crippen LogP contribution in [0.5, 0.6) is 0 Å². The maximum Gasteiger partial charge on any atom is 0.101 e. The van der Waals surface area contributed by atoms with E-state index in [2.05, 4.69) is 30.9 Å². The molecule has 2 atom stereocenters. The minimum atomic E-state index is 0.292. The molecule has 1 aromatic carbocycles. The summed E-state index contributed by atoms with van der Waals surface area (Å²) >= 11 is 0. The first-order valence-corrected chi connectivity index (χ1v) is 6.13. The first kappa shape index (κ1) is 11.9. The number of nitriles is 1. The van der Waals surface area contributed by atoms with Gasteiger partial charge in [-0.15, -0.1) is 0 Å². The summed E-state index contributed by atoms with van der Waals surface area (Å²) in [6.07, 6.45) is 1.00. The molecule has 0 bridgehead atoms. The zero-order valence-electron chi connectivity index (χ0n) is 10.5. The molecule has 0 radical (unpaired) electrons. The molecule has 1 aliphatic heterocycles. The summed E-state index contributed by atoms with van der Waals surface area (Å²) in [7, 11) is 0. The number of benzene rings is 1. The van der Waals surface area contributed by atoms with Crippen molar-refractivity contribution in [2.75, 3.05) is 18.0 Å². The van der Waals surface area contributed by atoms with Gasteiger partial charge in [0.05, 0.1) is 11.3 Å². The molecule has 2 rings (SSSR count). The Balaban J connectivity index is 2.32. The summed E-state index contributed by atoms with van der Waals surface area (Å²) in [6, 6.07) is 8.48. The van der Waals surface area contributed by atoms with Crippen molar-refractivity contribution in [2.24, 2.45) is 11.7 Å². The second kappa shape index (κ2) is 4.77. The minimum absolute atomic E-state index is 0.292. The van der Waals surface area contributed by atoms with Crippen molar-refractivity contribution in [3.05, 3.63) is 29.3 Å². The number of hydrogen-bond acceptors (Lipinski definition) is 3. The van der Waals surface area contributed by atoms with Gasteiger partial charge in [0.1, 0.15) is 6.07 Å². The number of para-hydroxylation sites is 1. The van der Waals surface area contributed by atoms with Gasteiger partial charge in [-0.05, 0) is 30.9 Å². The number of aryl methyl sites for hydroxylation is 1. The van der Waals surface area contributed by atoms with E-state index in [-0.39, 0.29) is 0 Å². The van der Waals surface area contributed by atoms with E-state index in [1.165, 1.54) is 5.56 Å². The third-order valence-corrected chi connectivity index (χ3v) is 3.65. The molecule has 1 aliphatic rings. The van der Waals surface area contributed by atoms with Crippen LogP contribution in [0.3, 0.4) is 0 Å². The number of rotatable bonds is 1. The zero-order chi connectivity index (χ0) is 12.4. The molecule has 3 heteroatoms. The van der Waals surface area contributed by atoms with E-state index in [1.807, 2.05) is 12.1 Å². The van der Waals surface area contributed by atoms with Crippen LogP contribution in [-0.2, 0) is 0 Å². The van der Waals surface area contributed by atoms with E-state index in [0.717, 1.165) is 30.8 Å². The van der Waals surface area contributed by atoms with Crippen LogP contribution in [0.4, 0.5) is 5.69 Å². The monoisotopic (exact) mass is 229 g/mol. The quantitative estimate of drug-likeness (QED) is 0.801. The van der Waals surface area contributed by atoms with Crippen LogP contribution in [0.25, 0.3) is 0 Å². The Hall–Kier alpha value is -1.53. The van der Waals surface area contributed by atoms with Gasteiger partial charge in [0.25, 0.3) is 0 Å². The third-order valence-electron chi connectivity index (χ3n) is 3.65. The van der Waals surface area contributed by atoms with Crippen LogP contribution < -0.4 is 10.6 Å². The lowest BCUT2D eigenvalue weighted by Gasteiger charge is -2.37. The molecule has 0 saturated carbocycles. The fourth-order valence-corrected chi connectivity index (χ4v) is 2.54. The number of piperidine rings is 1. The summed E-state index contributed by atoms with van der Waals surface area (Å²) < 4.78 is 0. The van der Waals surface area contributed by atoms with Crippen LogP contribution in [0, 0.1) is 24.2 Å². The van der Waals surface area contributed by atoms with Crippen LogP contribution >= 0.6 is 0 Å². The number of nitrogens with two attached hydrogens (primary N) is 1. The third kappa shape index (κ3) is 2.27. The predicted octanol–water partition coefficient (Wildman–Crippen LogP) is 2.04. The molecule has 2 unspecified atom stereocenters. The van der Waals surface area contributed by atoms with Gasteiger partial charge in [-0.1, -0.05) is 19.1 Å². The maximum absolute atomic E-state index is 9.19. The Labute approximate surface area is 103 Å². The molecule has 0 aliphatic carbocycles. The highest BCUT2D eigenvalue weighted by Gasteiger charge is 2.25. The van der Waals surface area contributed by atoms with Crippen LogP contribution in [-0.4, -0.2) is 19.1 Å². The second-order valence-corrected chi connectivity index (χ2v) is 4.96. The Morgan fingerprint density at radius 2 is 2.24 bits per heavy atom.